The SMILES string of the molecule is Cc1cccc(C)c1NC(=O)C1(N(C)C)CCN(CCNc2ccccc2)CC1. The molecule has 156 valence electrons. The summed E-state index contributed by atoms with van der Waals surface area (Å²) in [6.45, 7) is 7.84. The van der Waals surface area contributed by atoms with E-state index in [0.29, 0.717) is 0 Å². The van der Waals surface area contributed by atoms with Crippen LogP contribution in [0.1, 0.15) is 24.0 Å². The van der Waals surface area contributed by atoms with E-state index < -0.39 is 5.54 Å². The van der Waals surface area contributed by atoms with Crippen LogP contribution in [0.25, 0.3) is 0 Å². The number of amides is 1. The molecule has 1 aliphatic rings. The lowest BCUT2D eigenvalue weighted by Crippen LogP contribution is -2.59. The van der Waals surface area contributed by atoms with Crippen molar-refractivity contribution in [1.29, 1.82) is 0 Å². The number of rotatable bonds is 7. The van der Waals surface area contributed by atoms with Gasteiger partial charge in [-0.25, -0.2) is 0 Å². The third-order valence-electron chi connectivity index (χ3n) is 6.21. The second-order valence-electron chi connectivity index (χ2n) is 8.28. The number of likely N-dealkylation sites (N-methyl/N-ethyl adjacent to an activating group) is 1. The molecule has 0 aliphatic carbocycles. The number of carbonyl (C=O) groups excluding carboxylic acids is 1. The van der Waals surface area contributed by atoms with Crippen molar-refractivity contribution < 1.29 is 4.79 Å². The van der Waals surface area contributed by atoms with Crippen molar-refractivity contribution in [3.8, 4) is 0 Å². The van der Waals surface area contributed by atoms with E-state index in [1.165, 1.54) is 0 Å². The smallest absolute Gasteiger partial charge is 0.244 e. The molecule has 2 aromatic rings. The van der Waals surface area contributed by atoms with Gasteiger partial charge in [-0.05, 0) is 64.0 Å². The monoisotopic (exact) mass is 394 g/mol. The highest BCUT2D eigenvalue weighted by Gasteiger charge is 2.43. The lowest BCUT2D eigenvalue weighted by atomic mass is 9.85. The zero-order valence-electron chi connectivity index (χ0n) is 18.2. The summed E-state index contributed by atoms with van der Waals surface area (Å²) in [5.74, 6) is 0.113. The molecule has 0 saturated carbocycles. The van der Waals surface area contributed by atoms with Gasteiger partial charge in [-0.15, -0.1) is 0 Å². The van der Waals surface area contributed by atoms with Gasteiger partial charge < -0.3 is 15.5 Å². The van der Waals surface area contributed by atoms with Gasteiger partial charge in [0.05, 0.1) is 0 Å². The van der Waals surface area contributed by atoms with Gasteiger partial charge in [0, 0.05) is 37.6 Å². The van der Waals surface area contributed by atoms with Gasteiger partial charge in [0.1, 0.15) is 5.54 Å². The molecule has 5 nitrogen and oxygen atoms in total. The molecule has 29 heavy (non-hydrogen) atoms. The first-order chi connectivity index (χ1) is 13.9. The van der Waals surface area contributed by atoms with E-state index in [-0.39, 0.29) is 5.91 Å². The van der Waals surface area contributed by atoms with Crippen molar-refractivity contribution in [2.24, 2.45) is 0 Å². The lowest BCUT2D eigenvalue weighted by molar-refractivity contribution is -0.129. The fraction of sp³-hybridized carbons (Fsp3) is 0.458. The van der Waals surface area contributed by atoms with Crippen LogP contribution in [-0.2, 0) is 4.79 Å². The Kier molecular flexibility index (Phi) is 6.93. The molecule has 1 aliphatic heterocycles. The number of piperidine rings is 1. The Labute approximate surface area is 175 Å². The highest BCUT2D eigenvalue weighted by molar-refractivity contribution is 5.99. The van der Waals surface area contributed by atoms with Gasteiger partial charge in [0.2, 0.25) is 5.91 Å². The molecular formula is C24H34N4O. The number of para-hydroxylation sites is 2. The van der Waals surface area contributed by atoms with E-state index in [1.807, 2.05) is 64.3 Å². The molecule has 0 aromatic heterocycles. The fourth-order valence-electron chi connectivity index (χ4n) is 4.18. The Morgan fingerprint density at radius 1 is 1.00 bits per heavy atom. The summed E-state index contributed by atoms with van der Waals surface area (Å²) >= 11 is 0. The molecule has 0 spiro atoms. The molecule has 2 aromatic carbocycles. The average Bonchev–Trinajstić information content (AvgIpc) is 2.72. The first-order valence-electron chi connectivity index (χ1n) is 10.5. The molecule has 0 radical (unpaired) electrons. The maximum absolute atomic E-state index is 13.4. The first kappa shape index (κ1) is 21.3. The molecule has 5 heteroatoms. The predicted octanol–water partition coefficient (Wildman–Crippen LogP) is 3.75. The number of benzene rings is 2. The standard InChI is InChI=1S/C24H34N4O/c1-19-9-8-10-20(2)22(19)26-23(29)24(27(3)4)13-16-28(17-14-24)18-15-25-21-11-6-5-7-12-21/h5-12,25H,13-18H2,1-4H3,(H,26,29). The van der Waals surface area contributed by atoms with Gasteiger partial charge in [0.15, 0.2) is 0 Å². The zero-order valence-corrected chi connectivity index (χ0v) is 18.2. The van der Waals surface area contributed by atoms with E-state index in [4.69, 9.17) is 0 Å². The summed E-state index contributed by atoms with van der Waals surface area (Å²) in [4.78, 5) is 17.9. The minimum atomic E-state index is -0.460. The molecule has 1 amide bonds. The summed E-state index contributed by atoms with van der Waals surface area (Å²) < 4.78 is 0. The maximum Gasteiger partial charge on any atom is 0.244 e. The van der Waals surface area contributed by atoms with E-state index in [0.717, 1.165) is 61.5 Å². The number of carbonyl (C=O) groups is 1. The minimum Gasteiger partial charge on any atom is -0.384 e. The number of hydrogen-bond donors (Lipinski definition) is 2. The summed E-state index contributed by atoms with van der Waals surface area (Å²) in [5.41, 5.74) is 3.86. The highest BCUT2D eigenvalue weighted by Crippen LogP contribution is 2.30. The van der Waals surface area contributed by atoms with E-state index >= 15 is 0 Å². The number of anilines is 2. The number of nitrogens with one attached hydrogen (secondary N) is 2. The van der Waals surface area contributed by atoms with Crippen molar-refractivity contribution in [2.75, 3.05) is 50.9 Å². The number of aryl methyl sites for hydroxylation is 2. The number of likely N-dealkylation sites (tertiary alicyclic amines) is 1. The fourth-order valence-corrected chi connectivity index (χ4v) is 4.18. The Hall–Kier alpha value is -2.37. The second-order valence-corrected chi connectivity index (χ2v) is 8.28. The molecule has 2 N–H and O–H groups in total. The van der Waals surface area contributed by atoms with Crippen LogP contribution in [-0.4, -0.2) is 61.5 Å². The Morgan fingerprint density at radius 3 is 2.21 bits per heavy atom. The Bertz CT molecular complexity index is 791. The molecular weight excluding hydrogens is 360 g/mol. The highest BCUT2D eigenvalue weighted by atomic mass is 16.2. The molecule has 3 rings (SSSR count). The van der Waals surface area contributed by atoms with E-state index in [9.17, 15) is 4.79 Å². The Morgan fingerprint density at radius 2 is 1.62 bits per heavy atom. The van der Waals surface area contributed by atoms with Crippen LogP contribution in [0.2, 0.25) is 0 Å². The predicted molar refractivity (Wildman–Crippen MR) is 122 cm³/mol. The quantitative estimate of drug-likeness (QED) is 0.751. The van der Waals surface area contributed by atoms with E-state index in [2.05, 4.69) is 32.6 Å². The molecule has 0 bridgehead atoms. The van der Waals surface area contributed by atoms with Gasteiger partial charge in [-0.1, -0.05) is 36.4 Å². The van der Waals surface area contributed by atoms with Crippen LogP contribution in [0.3, 0.4) is 0 Å². The van der Waals surface area contributed by atoms with Crippen molar-refractivity contribution in [3.63, 3.8) is 0 Å². The number of nitrogens with zero attached hydrogens (tertiary/aromatic N) is 2. The molecule has 0 atom stereocenters. The molecule has 0 unspecified atom stereocenters. The van der Waals surface area contributed by atoms with Gasteiger partial charge >= 0.3 is 0 Å². The normalized spacial score (nSPS) is 16.6. The molecule has 1 heterocycles. The topological polar surface area (TPSA) is 47.6 Å². The van der Waals surface area contributed by atoms with E-state index in [1.54, 1.807) is 0 Å². The third kappa shape index (κ3) is 4.98. The number of hydrogen-bond acceptors (Lipinski definition) is 4. The summed E-state index contributed by atoms with van der Waals surface area (Å²) in [6.07, 6.45) is 1.67. The maximum atomic E-state index is 13.4. The van der Waals surface area contributed by atoms with Gasteiger partial charge in [-0.3, -0.25) is 9.69 Å². The van der Waals surface area contributed by atoms with Crippen LogP contribution in [0.15, 0.2) is 48.5 Å². The van der Waals surface area contributed by atoms with Crippen molar-refractivity contribution in [1.82, 2.24) is 9.80 Å². The second kappa shape index (κ2) is 9.42. The van der Waals surface area contributed by atoms with Crippen LogP contribution in [0.4, 0.5) is 11.4 Å². The lowest BCUT2D eigenvalue weighted by Gasteiger charge is -2.44. The summed E-state index contributed by atoms with van der Waals surface area (Å²) in [6, 6.07) is 16.4. The third-order valence-corrected chi connectivity index (χ3v) is 6.21. The van der Waals surface area contributed by atoms with Crippen LogP contribution in [0.5, 0.6) is 0 Å². The minimum absolute atomic E-state index is 0.113. The molecule has 1 saturated heterocycles. The van der Waals surface area contributed by atoms with Crippen molar-refractivity contribution in [2.45, 2.75) is 32.2 Å². The summed E-state index contributed by atoms with van der Waals surface area (Å²) in [7, 11) is 4.05. The zero-order chi connectivity index (χ0) is 20.9. The first-order valence-corrected chi connectivity index (χ1v) is 10.5. The summed E-state index contributed by atoms with van der Waals surface area (Å²) in [5, 5.41) is 6.71. The van der Waals surface area contributed by atoms with Gasteiger partial charge in [0.25, 0.3) is 0 Å². The van der Waals surface area contributed by atoms with Crippen molar-refractivity contribution in [3.05, 3.63) is 59.7 Å². The Balaban J connectivity index is 1.58. The van der Waals surface area contributed by atoms with Crippen LogP contribution < -0.4 is 10.6 Å². The van der Waals surface area contributed by atoms with Crippen LogP contribution >= 0.6 is 0 Å². The average molecular weight is 395 g/mol. The van der Waals surface area contributed by atoms with Crippen molar-refractivity contribution >= 4 is 17.3 Å². The van der Waals surface area contributed by atoms with Crippen LogP contribution in [0, 0.1) is 13.8 Å². The largest absolute Gasteiger partial charge is 0.384 e. The van der Waals surface area contributed by atoms with Gasteiger partial charge in [-0.2, -0.15) is 0 Å². The molecule has 1 fully saturated rings.